The molecule has 0 saturated carbocycles. The maximum absolute atomic E-state index is 13.2. The molecule has 6 rings (SSSR count). The summed E-state index contributed by atoms with van der Waals surface area (Å²) < 4.78 is 79.4. The van der Waals surface area contributed by atoms with E-state index >= 15 is 0 Å². The normalized spacial score (nSPS) is 24.0. The average Bonchev–Trinajstić information content (AvgIpc) is 2.87. The van der Waals surface area contributed by atoms with E-state index in [9.17, 15) is 26.3 Å². The third kappa shape index (κ3) is 5.71. The quantitative estimate of drug-likeness (QED) is 0.306. The number of nitrogens with zero attached hydrogens (tertiary/aromatic N) is 2. The molecule has 2 N–H and O–H groups in total. The van der Waals surface area contributed by atoms with Crippen molar-refractivity contribution in [1.29, 1.82) is 0 Å². The number of hydrogen-bond acceptors (Lipinski definition) is 4. The number of alkyl halides is 6. The Hall–Kier alpha value is -3.27. The SMILES string of the molecule is C=C(Nc1cc(C(F)(F)F)cc(C(F)(F)F)c1)Nc1ccc2nccc([C@H](C)C3CC4CCN3CC4C)c2c1. The predicted molar refractivity (Wildman–Crippen MR) is 140 cm³/mol. The number of fused-ring (bicyclic) bond motifs is 4. The van der Waals surface area contributed by atoms with Gasteiger partial charge in [0.25, 0.3) is 0 Å². The van der Waals surface area contributed by atoms with Crippen LogP contribution in [0.2, 0.25) is 0 Å². The lowest BCUT2D eigenvalue weighted by Gasteiger charge is -2.51. The molecule has 2 aromatic carbocycles. The van der Waals surface area contributed by atoms with Crippen LogP contribution in [0.3, 0.4) is 0 Å². The first-order chi connectivity index (χ1) is 18.3. The largest absolute Gasteiger partial charge is 0.416 e. The first-order valence-electron chi connectivity index (χ1n) is 12.9. The van der Waals surface area contributed by atoms with Gasteiger partial charge in [0.2, 0.25) is 0 Å². The van der Waals surface area contributed by atoms with Crippen molar-refractivity contribution in [3.05, 3.63) is 77.8 Å². The summed E-state index contributed by atoms with van der Waals surface area (Å²) in [5.41, 5.74) is -0.625. The summed E-state index contributed by atoms with van der Waals surface area (Å²) in [7, 11) is 0. The molecule has 3 fully saturated rings. The van der Waals surface area contributed by atoms with Gasteiger partial charge in [0, 0.05) is 35.5 Å². The lowest BCUT2D eigenvalue weighted by atomic mass is 9.72. The zero-order valence-corrected chi connectivity index (χ0v) is 21.6. The van der Waals surface area contributed by atoms with Gasteiger partial charge in [-0.3, -0.25) is 9.88 Å². The molecule has 0 aliphatic carbocycles. The highest BCUT2D eigenvalue weighted by Crippen LogP contribution is 2.42. The average molecular weight is 549 g/mol. The van der Waals surface area contributed by atoms with Crippen LogP contribution in [0, 0.1) is 11.8 Å². The molecule has 0 spiro atoms. The molecule has 3 aliphatic heterocycles. The second-order valence-electron chi connectivity index (χ2n) is 10.8. The topological polar surface area (TPSA) is 40.2 Å². The molecule has 4 unspecified atom stereocenters. The van der Waals surface area contributed by atoms with Gasteiger partial charge in [-0.2, -0.15) is 26.3 Å². The standard InChI is InChI=1S/C29H30F6N4/c1-16-15-39-9-7-19(16)10-27(39)17(2)24-6-8-36-26-5-4-22(14-25(24)26)37-18(3)38-23-12-20(28(30,31)32)11-21(13-23)29(33,34)35/h4-6,8,11-14,16-17,19,27,37-38H,3,7,9-10,15H2,1-2H3/t16?,17-,19?,27?/m0/s1. The van der Waals surface area contributed by atoms with E-state index in [1.165, 1.54) is 6.42 Å². The predicted octanol–water partition coefficient (Wildman–Crippen LogP) is 8.10. The molecule has 3 saturated heterocycles. The van der Waals surface area contributed by atoms with Gasteiger partial charge in [-0.25, -0.2) is 0 Å². The molecule has 5 atom stereocenters. The maximum Gasteiger partial charge on any atom is 0.416 e. The molecule has 3 aromatic rings. The van der Waals surface area contributed by atoms with Gasteiger partial charge in [0.1, 0.15) is 5.82 Å². The zero-order valence-electron chi connectivity index (χ0n) is 21.6. The van der Waals surface area contributed by atoms with E-state index in [2.05, 4.69) is 40.9 Å². The lowest BCUT2D eigenvalue weighted by Crippen LogP contribution is -2.54. The highest BCUT2D eigenvalue weighted by molar-refractivity contribution is 5.86. The molecule has 4 heterocycles. The molecule has 208 valence electrons. The van der Waals surface area contributed by atoms with Crippen molar-refractivity contribution in [3.8, 4) is 0 Å². The van der Waals surface area contributed by atoms with Crippen LogP contribution >= 0.6 is 0 Å². The summed E-state index contributed by atoms with van der Waals surface area (Å²) >= 11 is 0. The third-order valence-corrected chi connectivity index (χ3v) is 8.15. The van der Waals surface area contributed by atoms with Crippen molar-refractivity contribution in [3.63, 3.8) is 0 Å². The minimum absolute atomic E-state index is 0.0324. The molecule has 39 heavy (non-hydrogen) atoms. The number of aromatic nitrogens is 1. The summed E-state index contributed by atoms with van der Waals surface area (Å²) in [4.78, 5) is 7.07. The van der Waals surface area contributed by atoms with Crippen molar-refractivity contribution in [2.75, 3.05) is 23.7 Å². The van der Waals surface area contributed by atoms with Gasteiger partial charge in [-0.15, -0.1) is 0 Å². The number of hydrogen-bond donors (Lipinski definition) is 2. The van der Waals surface area contributed by atoms with E-state index in [4.69, 9.17) is 0 Å². The van der Waals surface area contributed by atoms with Crippen LogP contribution in [0.15, 0.2) is 61.1 Å². The Labute approximate surface area is 223 Å². The van der Waals surface area contributed by atoms with Gasteiger partial charge in [0.15, 0.2) is 0 Å². The van der Waals surface area contributed by atoms with Crippen molar-refractivity contribution >= 4 is 22.3 Å². The fraction of sp³-hybridized carbons (Fsp3) is 0.414. The van der Waals surface area contributed by atoms with Crippen LogP contribution in [0.4, 0.5) is 37.7 Å². The number of rotatable bonds is 6. The second-order valence-corrected chi connectivity index (χ2v) is 10.8. The highest BCUT2D eigenvalue weighted by atomic mass is 19.4. The van der Waals surface area contributed by atoms with Crippen molar-refractivity contribution in [1.82, 2.24) is 9.88 Å². The van der Waals surface area contributed by atoms with E-state index in [-0.39, 0.29) is 23.5 Å². The van der Waals surface area contributed by atoms with E-state index < -0.39 is 23.5 Å². The summed E-state index contributed by atoms with van der Waals surface area (Å²) in [6.45, 7) is 10.5. The summed E-state index contributed by atoms with van der Waals surface area (Å²) in [6.07, 6.45) is -5.68. The fourth-order valence-corrected chi connectivity index (χ4v) is 6.11. The number of piperidine rings is 3. The molecule has 4 nitrogen and oxygen atoms in total. The minimum atomic E-state index is -4.93. The van der Waals surface area contributed by atoms with Crippen LogP contribution < -0.4 is 10.6 Å². The van der Waals surface area contributed by atoms with Gasteiger partial charge in [-0.05, 0) is 85.2 Å². The van der Waals surface area contributed by atoms with Crippen LogP contribution in [-0.4, -0.2) is 29.0 Å². The first-order valence-corrected chi connectivity index (χ1v) is 12.9. The van der Waals surface area contributed by atoms with Gasteiger partial charge in [0.05, 0.1) is 16.6 Å². The minimum Gasteiger partial charge on any atom is -0.342 e. The zero-order chi connectivity index (χ0) is 28.1. The molecule has 0 radical (unpaired) electrons. The Bertz CT molecular complexity index is 1350. The Morgan fingerprint density at radius 1 is 0.974 bits per heavy atom. The summed E-state index contributed by atoms with van der Waals surface area (Å²) in [5, 5.41) is 6.46. The van der Waals surface area contributed by atoms with Gasteiger partial charge >= 0.3 is 12.4 Å². The monoisotopic (exact) mass is 548 g/mol. The number of anilines is 2. The van der Waals surface area contributed by atoms with E-state index in [1.54, 1.807) is 12.3 Å². The van der Waals surface area contributed by atoms with Gasteiger partial charge < -0.3 is 10.6 Å². The Morgan fingerprint density at radius 2 is 1.64 bits per heavy atom. The Morgan fingerprint density at radius 3 is 2.23 bits per heavy atom. The number of pyridine rings is 1. The summed E-state index contributed by atoms with van der Waals surface area (Å²) in [6, 6.07) is 9.28. The maximum atomic E-state index is 13.2. The molecular weight excluding hydrogens is 518 g/mol. The van der Waals surface area contributed by atoms with E-state index in [1.807, 2.05) is 18.2 Å². The molecule has 2 bridgehead atoms. The van der Waals surface area contributed by atoms with Crippen LogP contribution in [0.5, 0.6) is 0 Å². The molecule has 10 heteroatoms. The van der Waals surface area contributed by atoms with Crippen molar-refractivity contribution in [2.24, 2.45) is 11.8 Å². The number of halogens is 6. The van der Waals surface area contributed by atoms with Crippen LogP contribution in [0.1, 0.15) is 49.3 Å². The van der Waals surface area contributed by atoms with Crippen LogP contribution in [-0.2, 0) is 12.4 Å². The third-order valence-electron chi connectivity index (χ3n) is 8.15. The smallest absolute Gasteiger partial charge is 0.342 e. The Kier molecular flexibility index (Phi) is 7.03. The number of nitrogens with one attached hydrogen (secondary N) is 2. The van der Waals surface area contributed by atoms with Crippen molar-refractivity contribution in [2.45, 2.75) is 51.0 Å². The second kappa shape index (κ2) is 10.0. The lowest BCUT2D eigenvalue weighted by molar-refractivity contribution is -0.143. The Balaban J connectivity index is 1.38. The van der Waals surface area contributed by atoms with E-state index in [0.29, 0.717) is 29.8 Å². The van der Waals surface area contributed by atoms with Crippen LogP contribution in [0.25, 0.3) is 10.9 Å². The molecule has 3 aliphatic rings. The summed E-state index contributed by atoms with van der Waals surface area (Å²) in [5.74, 6) is 1.73. The molecule has 0 amide bonds. The molecular formula is C29H30F6N4. The number of benzene rings is 2. The van der Waals surface area contributed by atoms with E-state index in [0.717, 1.165) is 41.9 Å². The first kappa shape index (κ1) is 27.3. The van der Waals surface area contributed by atoms with Gasteiger partial charge in [-0.1, -0.05) is 20.4 Å². The fourth-order valence-electron chi connectivity index (χ4n) is 6.11. The highest BCUT2D eigenvalue weighted by Gasteiger charge is 2.41. The molecule has 1 aromatic heterocycles. The van der Waals surface area contributed by atoms with Crippen molar-refractivity contribution < 1.29 is 26.3 Å².